The molecule has 0 radical (unpaired) electrons. The van der Waals surface area contributed by atoms with Crippen molar-refractivity contribution in [3.05, 3.63) is 49.6 Å². The second kappa shape index (κ2) is 6.47. The molecule has 0 fully saturated rings. The first-order valence-corrected chi connectivity index (χ1v) is 7.78. The number of rotatable bonds is 4. The van der Waals surface area contributed by atoms with E-state index < -0.39 is 0 Å². The van der Waals surface area contributed by atoms with Crippen LogP contribution < -0.4 is 10.6 Å². The third kappa shape index (κ3) is 3.45. The summed E-state index contributed by atoms with van der Waals surface area (Å²) in [5.41, 5.74) is 8.34. The topological polar surface area (TPSA) is 61.8 Å². The Bertz CT molecular complexity index is 644. The van der Waals surface area contributed by atoms with Crippen LogP contribution in [0.25, 0.3) is 0 Å². The SMILES string of the molecule is CN(Cc1csc(Br)c1)c1cc(Cl)ccc1C(N)=NO. The van der Waals surface area contributed by atoms with Gasteiger partial charge in [-0.2, -0.15) is 0 Å². The van der Waals surface area contributed by atoms with Crippen LogP contribution in [0.15, 0.2) is 38.6 Å². The standard InChI is InChI=1S/C13H13BrClN3OS/c1-18(6-8-4-12(14)20-7-8)11-5-9(15)2-3-10(11)13(16)17-19/h2-5,7,19H,6H2,1H3,(H2,16,17). The van der Waals surface area contributed by atoms with Gasteiger partial charge in [0.2, 0.25) is 0 Å². The summed E-state index contributed by atoms with van der Waals surface area (Å²) in [7, 11) is 1.94. The molecule has 20 heavy (non-hydrogen) atoms. The third-order valence-corrected chi connectivity index (χ3v) is 4.58. The first-order valence-electron chi connectivity index (χ1n) is 5.72. The van der Waals surface area contributed by atoms with Crippen LogP contribution in [-0.4, -0.2) is 18.1 Å². The lowest BCUT2D eigenvalue weighted by Crippen LogP contribution is -2.22. The van der Waals surface area contributed by atoms with Crippen LogP contribution in [0.4, 0.5) is 5.69 Å². The lowest BCUT2D eigenvalue weighted by atomic mass is 10.1. The minimum absolute atomic E-state index is 0.0648. The van der Waals surface area contributed by atoms with Gasteiger partial charge in [-0.25, -0.2) is 0 Å². The lowest BCUT2D eigenvalue weighted by Gasteiger charge is -2.22. The number of hydrogen-bond acceptors (Lipinski definition) is 4. The smallest absolute Gasteiger partial charge is 0.172 e. The molecule has 0 saturated heterocycles. The molecule has 1 heterocycles. The molecule has 0 amide bonds. The fraction of sp³-hybridized carbons (Fsp3) is 0.154. The molecule has 3 N–H and O–H groups in total. The summed E-state index contributed by atoms with van der Waals surface area (Å²) >= 11 is 11.1. The van der Waals surface area contributed by atoms with Gasteiger partial charge in [0.05, 0.1) is 3.79 Å². The summed E-state index contributed by atoms with van der Waals surface area (Å²) in [5.74, 6) is 0.0648. The number of anilines is 1. The van der Waals surface area contributed by atoms with Crippen molar-refractivity contribution in [3.63, 3.8) is 0 Å². The van der Waals surface area contributed by atoms with E-state index in [0.717, 1.165) is 9.47 Å². The van der Waals surface area contributed by atoms with Crippen LogP contribution in [0.3, 0.4) is 0 Å². The minimum atomic E-state index is 0.0648. The molecule has 106 valence electrons. The van der Waals surface area contributed by atoms with Crippen molar-refractivity contribution in [3.8, 4) is 0 Å². The molecule has 0 aliphatic carbocycles. The fourth-order valence-electron chi connectivity index (χ4n) is 1.88. The Kier molecular flexibility index (Phi) is 4.91. The second-order valence-corrected chi connectivity index (χ2v) is 6.99. The number of thiophene rings is 1. The average Bonchev–Trinajstić information content (AvgIpc) is 2.83. The quantitative estimate of drug-likeness (QED) is 0.369. The molecule has 0 bridgehead atoms. The van der Waals surface area contributed by atoms with Crippen LogP contribution in [0.2, 0.25) is 5.02 Å². The van der Waals surface area contributed by atoms with Gasteiger partial charge in [-0.3, -0.25) is 0 Å². The van der Waals surface area contributed by atoms with Gasteiger partial charge in [-0.1, -0.05) is 16.8 Å². The highest BCUT2D eigenvalue weighted by Gasteiger charge is 2.13. The van der Waals surface area contributed by atoms with E-state index in [4.69, 9.17) is 22.5 Å². The van der Waals surface area contributed by atoms with Gasteiger partial charge in [0, 0.05) is 29.9 Å². The van der Waals surface area contributed by atoms with Crippen molar-refractivity contribution in [1.82, 2.24) is 0 Å². The maximum Gasteiger partial charge on any atom is 0.172 e. The van der Waals surface area contributed by atoms with Crippen molar-refractivity contribution in [1.29, 1.82) is 0 Å². The predicted molar refractivity (Wildman–Crippen MR) is 88.1 cm³/mol. The molecule has 7 heteroatoms. The minimum Gasteiger partial charge on any atom is -0.409 e. The maximum absolute atomic E-state index is 8.86. The summed E-state index contributed by atoms with van der Waals surface area (Å²) in [6, 6.07) is 7.32. The van der Waals surface area contributed by atoms with Crippen molar-refractivity contribution in [2.75, 3.05) is 11.9 Å². The largest absolute Gasteiger partial charge is 0.409 e. The number of nitrogens with zero attached hydrogens (tertiary/aromatic N) is 2. The Labute approximate surface area is 134 Å². The molecule has 0 spiro atoms. The van der Waals surface area contributed by atoms with Gasteiger partial charge < -0.3 is 15.8 Å². The van der Waals surface area contributed by atoms with Crippen LogP contribution in [0.1, 0.15) is 11.1 Å². The van der Waals surface area contributed by atoms with Crippen LogP contribution in [-0.2, 0) is 6.54 Å². The summed E-state index contributed by atoms with van der Waals surface area (Å²) in [6.07, 6.45) is 0. The summed E-state index contributed by atoms with van der Waals surface area (Å²) in [6.45, 7) is 0.703. The molecule has 0 aliphatic heterocycles. The van der Waals surface area contributed by atoms with Crippen LogP contribution >= 0.6 is 38.9 Å². The monoisotopic (exact) mass is 373 g/mol. The molecule has 0 aliphatic rings. The Hall–Kier alpha value is -1.24. The molecule has 4 nitrogen and oxygen atoms in total. The summed E-state index contributed by atoms with van der Waals surface area (Å²) in [4.78, 5) is 2.01. The number of oxime groups is 1. The van der Waals surface area contributed by atoms with Gasteiger partial charge in [0.15, 0.2) is 5.84 Å². The molecule has 0 unspecified atom stereocenters. The number of hydrogen-bond donors (Lipinski definition) is 2. The highest BCUT2D eigenvalue weighted by Crippen LogP contribution is 2.27. The van der Waals surface area contributed by atoms with Gasteiger partial charge in [0.1, 0.15) is 0 Å². The third-order valence-electron chi connectivity index (χ3n) is 2.80. The maximum atomic E-state index is 8.86. The van der Waals surface area contributed by atoms with Gasteiger partial charge in [0.25, 0.3) is 0 Å². The number of nitrogens with two attached hydrogens (primary N) is 1. The zero-order valence-electron chi connectivity index (χ0n) is 10.7. The van der Waals surface area contributed by atoms with E-state index in [-0.39, 0.29) is 5.84 Å². The number of amidine groups is 1. The molecule has 1 aromatic carbocycles. The van der Waals surface area contributed by atoms with Gasteiger partial charge in [-0.15, -0.1) is 11.3 Å². The average molecular weight is 375 g/mol. The molecular formula is C13H13BrClN3OS. The van der Waals surface area contributed by atoms with E-state index in [0.29, 0.717) is 17.1 Å². The van der Waals surface area contributed by atoms with Crippen molar-refractivity contribution in [2.24, 2.45) is 10.9 Å². The summed E-state index contributed by atoms with van der Waals surface area (Å²) in [5, 5.41) is 14.6. The van der Waals surface area contributed by atoms with Crippen molar-refractivity contribution in [2.45, 2.75) is 6.54 Å². The zero-order chi connectivity index (χ0) is 14.7. The predicted octanol–water partition coefficient (Wildman–Crippen LogP) is 3.89. The summed E-state index contributed by atoms with van der Waals surface area (Å²) < 4.78 is 1.09. The molecule has 0 atom stereocenters. The van der Waals surface area contributed by atoms with Crippen molar-refractivity contribution >= 4 is 50.4 Å². The molecule has 2 rings (SSSR count). The normalized spacial score (nSPS) is 11.7. The Balaban J connectivity index is 2.32. The highest BCUT2D eigenvalue weighted by atomic mass is 79.9. The molecular weight excluding hydrogens is 362 g/mol. The Morgan fingerprint density at radius 2 is 2.25 bits per heavy atom. The highest BCUT2D eigenvalue weighted by molar-refractivity contribution is 9.11. The van der Waals surface area contributed by atoms with Crippen LogP contribution in [0.5, 0.6) is 0 Å². The first-order chi connectivity index (χ1) is 9.51. The van der Waals surface area contributed by atoms with Gasteiger partial charge >= 0.3 is 0 Å². The van der Waals surface area contributed by atoms with E-state index in [1.54, 1.807) is 29.5 Å². The lowest BCUT2D eigenvalue weighted by molar-refractivity contribution is 0.318. The van der Waals surface area contributed by atoms with E-state index in [1.807, 2.05) is 11.9 Å². The van der Waals surface area contributed by atoms with E-state index in [2.05, 4.69) is 32.5 Å². The molecule has 0 saturated carbocycles. The van der Waals surface area contributed by atoms with E-state index >= 15 is 0 Å². The van der Waals surface area contributed by atoms with Crippen molar-refractivity contribution < 1.29 is 5.21 Å². The number of benzene rings is 1. The first kappa shape index (κ1) is 15.2. The van der Waals surface area contributed by atoms with E-state index in [9.17, 15) is 0 Å². The Morgan fingerprint density at radius 1 is 1.50 bits per heavy atom. The molecule has 2 aromatic rings. The van der Waals surface area contributed by atoms with Gasteiger partial charge in [-0.05, 0) is 51.1 Å². The zero-order valence-corrected chi connectivity index (χ0v) is 13.8. The second-order valence-electron chi connectivity index (χ2n) is 4.26. The van der Waals surface area contributed by atoms with E-state index in [1.165, 1.54) is 5.56 Å². The molecule has 1 aromatic heterocycles. The fourth-order valence-corrected chi connectivity index (χ4v) is 3.25. The van der Waals surface area contributed by atoms with Crippen LogP contribution in [0, 0.1) is 0 Å². The Morgan fingerprint density at radius 3 is 2.85 bits per heavy atom. The number of halogens is 2.